The lowest BCUT2D eigenvalue weighted by Gasteiger charge is -2.02. The lowest BCUT2D eigenvalue weighted by molar-refractivity contribution is 0.0977. The molecule has 0 amide bonds. The van der Waals surface area contributed by atoms with E-state index in [0.717, 1.165) is 12.0 Å². The smallest absolute Gasteiger partial charge is 0.181 e. The van der Waals surface area contributed by atoms with E-state index in [0.29, 0.717) is 12.1 Å². The summed E-state index contributed by atoms with van der Waals surface area (Å²) < 4.78 is 0. The molecule has 82 valence electrons. The number of hydrogen-bond donors (Lipinski definition) is 0. The van der Waals surface area contributed by atoms with Gasteiger partial charge in [-0.2, -0.15) is 0 Å². The quantitative estimate of drug-likeness (QED) is 0.756. The molecule has 2 aromatic rings. The van der Waals surface area contributed by atoms with E-state index in [-0.39, 0.29) is 5.78 Å². The van der Waals surface area contributed by atoms with Crippen molar-refractivity contribution in [2.45, 2.75) is 19.8 Å². The van der Waals surface area contributed by atoms with E-state index in [1.807, 2.05) is 30.5 Å². The number of carbonyl (C=O) groups excluding carboxylic acids is 1. The van der Waals surface area contributed by atoms with Crippen molar-refractivity contribution in [1.82, 2.24) is 4.98 Å². The van der Waals surface area contributed by atoms with Crippen molar-refractivity contribution in [3.8, 4) is 0 Å². The first kappa shape index (κ1) is 11.0. The van der Waals surface area contributed by atoms with E-state index in [1.165, 1.54) is 4.88 Å². The maximum absolute atomic E-state index is 11.9. The molecule has 0 aliphatic carbocycles. The SMILES string of the molecule is Cc1cccnc1C(=O)CCc1cccs1. The fourth-order valence-corrected chi connectivity index (χ4v) is 2.30. The topological polar surface area (TPSA) is 30.0 Å². The highest BCUT2D eigenvalue weighted by Crippen LogP contribution is 2.13. The summed E-state index contributed by atoms with van der Waals surface area (Å²) in [4.78, 5) is 17.3. The summed E-state index contributed by atoms with van der Waals surface area (Å²) in [7, 11) is 0. The van der Waals surface area contributed by atoms with Crippen LogP contribution >= 0.6 is 11.3 Å². The van der Waals surface area contributed by atoms with Crippen molar-refractivity contribution in [3.05, 3.63) is 52.0 Å². The van der Waals surface area contributed by atoms with Crippen LogP contribution < -0.4 is 0 Å². The molecule has 0 saturated carbocycles. The Morgan fingerprint density at radius 3 is 2.94 bits per heavy atom. The largest absolute Gasteiger partial charge is 0.292 e. The summed E-state index contributed by atoms with van der Waals surface area (Å²) in [5.74, 6) is 0.131. The van der Waals surface area contributed by atoms with E-state index in [2.05, 4.69) is 11.1 Å². The summed E-state index contributed by atoms with van der Waals surface area (Å²) in [6, 6.07) is 7.84. The van der Waals surface area contributed by atoms with Crippen LogP contribution in [0.15, 0.2) is 35.8 Å². The molecule has 0 N–H and O–H groups in total. The Labute approximate surface area is 99.0 Å². The van der Waals surface area contributed by atoms with Crippen molar-refractivity contribution < 1.29 is 4.79 Å². The van der Waals surface area contributed by atoms with Gasteiger partial charge in [-0.15, -0.1) is 11.3 Å². The number of carbonyl (C=O) groups is 1. The first-order valence-corrected chi connectivity index (χ1v) is 6.12. The molecule has 2 heterocycles. The fraction of sp³-hybridized carbons (Fsp3) is 0.231. The third kappa shape index (κ3) is 2.55. The molecule has 0 fully saturated rings. The molecular weight excluding hydrogens is 218 g/mol. The molecule has 0 aliphatic heterocycles. The number of Topliss-reactive ketones (excluding diaryl/α,β-unsaturated/α-hetero) is 1. The first-order chi connectivity index (χ1) is 7.77. The highest BCUT2D eigenvalue weighted by atomic mass is 32.1. The predicted octanol–water partition coefficient (Wildman–Crippen LogP) is 3.27. The van der Waals surface area contributed by atoms with Crippen LogP contribution in [0, 0.1) is 6.92 Å². The molecule has 0 spiro atoms. The van der Waals surface area contributed by atoms with Gasteiger partial charge in [0.1, 0.15) is 5.69 Å². The third-order valence-electron chi connectivity index (χ3n) is 2.45. The maximum atomic E-state index is 11.9. The number of hydrogen-bond acceptors (Lipinski definition) is 3. The number of ketones is 1. The normalized spacial score (nSPS) is 10.3. The summed E-state index contributed by atoms with van der Waals surface area (Å²) in [6.45, 7) is 1.92. The third-order valence-corrected chi connectivity index (χ3v) is 3.39. The number of pyridine rings is 1. The van der Waals surface area contributed by atoms with Crippen LogP contribution in [0.5, 0.6) is 0 Å². The summed E-state index contributed by atoms with van der Waals surface area (Å²) in [5, 5.41) is 2.03. The summed E-state index contributed by atoms with van der Waals surface area (Å²) in [5.41, 5.74) is 1.57. The maximum Gasteiger partial charge on any atom is 0.181 e. The van der Waals surface area contributed by atoms with Crippen molar-refractivity contribution in [2.75, 3.05) is 0 Å². The molecule has 0 atom stereocenters. The van der Waals surface area contributed by atoms with Crippen LogP contribution in [0.1, 0.15) is 27.3 Å². The Kier molecular flexibility index (Phi) is 3.47. The van der Waals surface area contributed by atoms with Gasteiger partial charge in [0.2, 0.25) is 0 Å². The number of aryl methyl sites for hydroxylation is 2. The average Bonchev–Trinajstić information content (AvgIpc) is 2.79. The Bertz CT molecular complexity index is 476. The van der Waals surface area contributed by atoms with Crippen LogP contribution in [0.3, 0.4) is 0 Å². The second-order valence-electron chi connectivity index (χ2n) is 3.67. The van der Waals surface area contributed by atoms with Crippen LogP contribution in [-0.2, 0) is 6.42 Å². The van der Waals surface area contributed by atoms with Gasteiger partial charge in [-0.05, 0) is 36.4 Å². The lowest BCUT2D eigenvalue weighted by Crippen LogP contribution is -2.05. The summed E-state index contributed by atoms with van der Waals surface area (Å²) >= 11 is 1.69. The van der Waals surface area contributed by atoms with Crippen LogP contribution in [-0.4, -0.2) is 10.8 Å². The molecule has 2 nitrogen and oxygen atoms in total. The number of thiophene rings is 1. The van der Waals surface area contributed by atoms with Crippen LogP contribution in [0.4, 0.5) is 0 Å². The second-order valence-corrected chi connectivity index (χ2v) is 4.70. The molecule has 2 aromatic heterocycles. The highest BCUT2D eigenvalue weighted by Gasteiger charge is 2.10. The van der Waals surface area contributed by atoms with Gasteiger partial charge in [0.05, 0.1) is 0 Å². The van der Waals surface area contributed by atoms with Gasteiger partial charge < -0.3 is 0 Å². The van der Waals surface area contributed by atoms with Gasteiger partial charge in [0.15, 0.2) is 5.78 Å². The van der Waals surface area contributed by atoms with E-state index >= 15 is 0 Å². The minimum absolute atomic E-state index is 0.131. The Balaban J connectivity index is 2.01. The highest BCUT2D eigenvalue weighted by molar-refractivity contribution is 7.09. The number of aromatic nitrogens is 1. The number of nitrogens with zero attached hydrogens (tertiary/aromatic N) is 1. The van der Waals surface area contributed by atoms with Crippen molar-refractivity contribution in [1.29, 1.82) is 0 Å². The monoisotopic (exact) mass is 231 g/mol. The lowest BCUT2D eigenvalue weighted by atomic mass is 10.1. The molecule has 16 heavy (non-hydrogen) atoms. The zero-order valence-corrected chi connectivity index (χ0v) is 9.96. The molecule has 3 heteroatoms. The van der Waals surface area contributed by atoms with Crippen molar-refractivity contribution in [2.24, 2.45) is 0 Å². The second kappa shape index (κ2) is 5.03. The first-order valence-electron chi connectivity index (χ1n) is 5.24. The van der Waals surface area contributed by atoms with Gasteiger partial charge in [0.25, 0.3) is 0 Å². The van der Waals surface area contributed by atoms with Gasteiger partial charge in [-0.1, -0.05) is 12.1 Å². The van der Waals surface area contributed by atoms with E-state index in [9.17, 15) is 4.79 Å². The fourth-order valence-electron chi connectivity index (χ4n) is 1.59. The Morgan fingerprint density at radius 2 is 2.25 bits per heavy atom. The average molecular weight is 231 g/mol. The van der Waals surface area contributed by atoms with E-state index in [4.69, 9.17) is 0 Å². The zero-order chi connectivity index (χ0) is 11.4. The van der Waals surface area contributed by atoms with E-state index < -0.39 is 0 Å². The molecule has 2 rings (SSSR count). The molecule has 0 saturated heterocycles. The van der Waals surface area contributed by atoms with Crippen LogP contribution in [0.25, 0.3) is 0 Å². The van der Waals surface area contributed by atoms with Gasteiger partial charge in [-0.3, -0.25) is 9.78 Å². The molecule has 0 bridgehead atoms. The molecule has 0 radical (unpaired) electrons. The Hall–Kier alpha value is -1.48. The standard InChI is InChI=1S/C13H13NOS/c1-10-4-2-8-14-13(10)12(15)7-6-11-5-3-9-16-11/h2-5,8-9H,6-7H2,1H3. The molecule has 0 aliphatic rings. The summed E-state index contributed by atoms with van der Waals surface area (Å²) in [6.07, 6.45) is 3.02. The van der Waals surface area contributed by atoms with Gasteiger partial charge in [0, 0.05) is 17.5 Å². The minimum atomic E-state index is 0.131. The predicted molar refractivity (Wildman–Crippen MR) is 65.9 cm³/mol. The Morgan fingerprint density at radius 1 is 1.38 bits per heavy atom. The van der Waals surface area contributed by atoms with Crippen LogP contribution in [0.2, 0.25) is 0 Å². The van der Waals surface area contributed by atoms with Crippen molar-refractivity contribution in [3.63, 3.8) is 0 Å². The molecule has 0 aromatic carbocycles. The molecule has 0 unspecified atom stereocenters. The zero-order valence-electron chi connectivity index (χ0n) is 9.14. The van der Waals surface area contributed by atoms with E-state index in [1.54, 1.807) is 17.5 Å². The minimum Gasteiger partial charge on any atom is -0.292 e. The number of rotatable bonds is 4. The van der Waals surface area contributed by atoms with Crippen molar-refractivity contribution >= 4 is 17.1 Å². The van der Waals surface area contributed by atoms with Gasteiger partial charge >= 0.3 is 0 Å². The molecular formula is C13H13NOS. The van der Waals surface area contributed by atoms with Gasteiger partial charge in [-0.25, -0.2) is 0 Å².